The first-order chi connectivity index (χ1) is 21.4. The van der Waals surface area contributed by atoms with Crippen LogP contribution in [0.4, 0.5) is 23.7 Å². The minimum atomic E-state index is -4.75. The van der Waals surface area contributed by atoms with E-state index in [0.29, 0.717) is 29.5 Å². The van der Waals surface area contributed by atoms with E-state index in [-0.39, 0.29) is 23.5 Å². The van der Waals surface area contributed by atoms with Crippen molar-refractivity contribution in [2.75, 3.05) is 10.7 Å². The number of aryl methyl sites for hydroxylation is 4. The number of halogens is 3. The lowest BCUT2D eigenvalue weighted by Gasteiger charge is -2.21. The van der Waals surface area contributed by atoms with Crippen LogP contribution in [0, 0.1) is 20.8 Å². The summed E-state index contributed by atoms with van der Waals surface area (Å²) in [4.78, 5) is 35.6. The normalized spacial score (nSPS) is 15.0. The Morgan fingerprint density at radius 1 is 1.07 bits per heavy atom. The van der Waals surface area contributed by atoms with Crippen LogP contribution in [0.2, 0.25) is 0 Å². The van der Waals surface area contributed by atoms with E-state index < -0.39 is 12.4 Å². The number of thioether (sulfide) groups is 1. The highest BCUT2D eigenvalue weighted by molar-refractivity contribution is 8.15. The van der Waals surface area contributed by atoms with E-state index in [9.17, 15) is 22.8 Å². The zero-order chi connectivity index (χ0) is 32.3. The molecular formula is C32H31F3N6O3S. The third-order valence-corrected chi connectivity index (χ3v) is 8.02. The Morgan fingerprint density at radius 3 is 2.38 bits per heavy atom. The average Bonchev–Trinajstić information content (AvgIpc) is 3.59. The first kappa shape index (κ1) is 31.8. The largest absolute Gasteiger partial charge is 0.573 e. The predicted octanol–water partition coefficient (Wildman–Crippen LogP) is 6.92. The molecule has 0 radical (unpaired) electrons. The quantitative estimate of drug-likeness (QED) is 0.225. The first-order valence-electron chi connectivity index (χ1n) is 14.2. The summed E-state index contributed by atoms with van der Waals surface area (Å²) in [6, 6.07) is 16.4. The Kier molecular flexibility index (Phi) is 9.28. The van der Waals surface area contributed by atoms with Crippen LogP contribution < -0.4 is 15.0 Å². The van der Waals surface area contributed by atoms with Crippen molar-refractivity contribution in [1.29, 1.82) is 0 Å². The summed E-state index contributed by atoms with van der Waals surface area (Å²) in [6.07, 6.45) is -1.90. The topological polar surface area (TPSA) is 102 Å². The molecule has 3 aromatic carbocycles. The van der Waals surface area contributed by atoms with Gasteiger partial charge in [-0.15, -0.1) is 18.3 Å². The molecule has 0 spiro atoms. The van der Waals surface area contributed by atoms with Gasteiger partial charge in [0.05, 0.1) is 17.1 Å². The second-order valence-corrected chi connectivity index (χ2v) is 11.7. The van der Waals surface area contributed by atoms with Crippen LogP contribution in [0.15, 0.2) is 72.0 Å². The second kappa shape index (κ2) is 13.1. The molecule has 3 amide bonds. The van der Waals surface area contributed by atoms with Crippen LogP contribution in [0.5, 0.6) is 5.75 Å². The van der Waals surface area contributed by atoms with Crippen molar-refractivity contribution in [2.24, 2.45) is 4.99 Å². The number of carbonyl (C=O) groups excluding carboxylic acids is 2. The Morgan fingerprint density at radius 2 is 1.73 bits per heavy atom. The number of benzene rings is 3. The minimum Gasteiger partial charge on any atom is -0.406 e. The van der Waals surface area contributed by atoms with Gasteiger partial charge in [0.15, 0.2) is 11.0 Å². The maximum Gasteiger partial charge on any atom is 0.573 e. The lowest BCUT2D eigenvalue weighted by molar-refractivity contribution is -0.274. The molecule has 0 aliphatic carbocycles. The average molecular weight is 637 g/mol. The van der Waals surface area contributed by atoms with Crippen molar-refractivity contribution in [3.8, 4) is 22.8 Å². The molecule has 1 aromatic heterocycles. The molecule has 1 fully saturated rings. The number of rotatable bonds is 8. The number of alkyl halides is 3. The van der Waals surface area contributed by atoms with E-state index >= 15 is 0 Å². The van der Waals surface area contributed by atoms with Crippen molar-refractivity contribution in [3.63, 3.8) is 0 Å². The molecule has 2 heterocycles. The number of amides is 3. The number of aromatic nitrogens is 3. The van der Waals surface area contributed by atoms with Crippen LogP contribution in [0.3, 0.4) is 0 Å². The van der Waals surface area contributed by atoms with Gasteiger partial charge in [-0.1, -0.05) is 53.7 Å². The SMILES string of the molecule is Cc1cc(C)c(N2C(=O)CS/C2=N\C(=O)NC(C)CCc2ccc(-c3ncn(-c4ccc(OC(F)(F)F)cc4)n3)cc2)c(C)c1. The molecule has 1 aliphatic heterocycles. The molecule has 1 N–H and O–H groups in total. The van der Waals surface area contributed by atoms with Gasteiger partial charge in [0.25, 0.3) is 0 Å². The molecule has 5 rings (SSSR count). The monoisotopic (exact) mass is 636 g/mol. The van der Waals surface area contributed by atoms with Crippen LogP contribution in [-0.2, 0) is 11.2 Å². The molecule has 1 aliphatic rings. The van der Waals surface area contributed by atoms with Crippen molar-refractivity contribution in [3.05, 3.63) is 89.2 Å². The number of amidine groups is 1. The minimum absolute atomic E-state index is 0.103. The van der Waals surface area contributed by atoms with Crippen LogP contribution in [0.25, 0.3) is 17.1 Å². The lowest BCUT2D eigenvalue weighted by Crippen LogP contribution is -2.35. The highest BCUT2D eigenvalue weighted by Gasteiger charge is 2.33. The van der Waals surface area contributed by atoms with Gasteiger partial charge in [0, 0.05) is 11.6 Å². The number of aliphatic imine (C=N–C) groups is 1. The number of hydrogen-bond acceptors (Lipinski definition) is 6. The molecule has 4 aromatic rings. The van der Waals surface area contributed by atoms with Gasteiger partial charge in [0.2, 0.25) is 5.91 Å². The summed E-state index contributed by atoms with van der Waals surface area (Å²) in [5.74, 6) is 0.274. The fraction of sp³-hybridized carbons (Fsp3) is 0.281. The number of nitrogens with one attached hydrogen (secondary N) is 1. The van der Waals surface area contributed by atoms with Gasteiger partial charge in [-0.2, -0.15) is 4.99 Å². The summed E-state index contributed by atoms with van der Waals surface area (Å²) in [7, 11) is 0. The van der Waals surface area contributed by atoms with Crippen LogP contribution in [-0.4, -0.2) is 50.0 Å². The zero-order valence-electron chi connectivity index (χ0n) is 25.1. The highest BCUT2D eigenvalue weighted by atomic mass is 32.2. The maximum absolute atomic E-state index is 12.8. The molecule has 1 saturated heterocycles. The van der Waals surface area contributed by atoms with E-state index in [1.807, 2.05) is 64.1 Å². The van der Waals surface area contributed by atoms with Gasteiger partial charge in [-0.25, -0.2) is 14.5 Å². The molecule has 13 heteroatoms. The fourth-order valence-electron chi connectivity index (χ4n) is 5.12. The molecule has 0 bridgehead atoms. The standard InChI is InChI=1S/C32H31F3N6O3S/c1-19-15-20(2)28(21(3)16-19)41-27(42)17-45-31(41)38-30(43)37-22(4)5-6-23-7-9-24(10-8-23)29-36-18-40(39-29)25-11-13-26(14-12-25)44-32(33,34)35/h7-16,18,22H,5-6,17H2,1-4H3,(H,37,43)/b38-31-. The van der Waals surface area contributed by atoms with Crippen LogP contribution in [0.1, 0.15) is 35.6 Å². The Hall–Kier alpha value is -4.65. The molecule has 1 unspecified atom stereocenters. The number of nitrogens with zero attached hydrogens (tertiary/aromatic N) is 5. The van der Waals surface area contributed by atoms with Crippen molar-refractivity contribution >= 4 is 34.6 Å². The van der Waals surface area contributed by atoms with Gasteiger partial charge < -0.3 is 10.1 Å². The smallest absolute Gasteiger partial charge is 0.406 e. The zero-order valence-corrected chi connectivity index (χ0v) is 25.9. The van der Waals surface area contributed by atoms with Crippen LogP contribution >= 0.6 is 11.8 Å². The number of carbonyl (C=O) groups is 2. The van der Waals surface area contributed by atoms with E-state index in [4.69, 9.17) is 0 Å². The van der Waals surface area contributed by atoms with Crippen molar-refractivity contribution < 1.29 is 27.5 Å². The molecule has 9 nitrogen and oxygen atoms in total. The second-order valence-electron chi connectivity index (χ2n) is 10.8. The van der Waals surface area contributed by atoms with Gasteiger partial charge in [-0.05, 0) is 81.5 Å². The lowest BCUT2D eigenvalue weighted by atomic mass is 10.0. The summed E-state index contributed by atoms with van der Waals surface area (Å²) >= 11 is 1.25. The van der Waals surface area contributed by atoms with Gasteiger partial charge >= 0.3 is 12.4 Å². The molecule has 1 atom stereocenters. The van der Waals surface area contributed by atoms with Gasteiger partial charge in [-0.3, -0.25) is 9.69 Å². The summed E-state index contributed by atoms with van der Waals surface area (Å²) in [6.45, 7) is 7.81. The summed E-state index contributed by atoms with van der Waals surface area (Å²) < 4.78 is 42.6. The maximum atomic E-state index is 12.8. The third-order valence-electron chi connectivity index (χ3n) is 7.10. The van der Waals surface area contributed by atoms with Gasteiger partial charge in [0.1, 0.15) is 12.1 Å². The van der Waals surface area contributed by atoms with E-state index in [0.717, 1.165) is 33.5 Å². The molecule has 234 valence electrons. The van der Waals surface area contributed by atoms with Crippen molar-refractivity contribution in [2.45, 2.75) is 52.9 Å². The number of ether oxygens (including phenoxy) is 1. The Balaban J connectivity index is 1.15. The summed E-state index contributed by atoms with van der Waals surface area (Å²) in [5.41, 5.74) is 6.15. The molecule has 0 saturated carbocycles. The van der Waals surface area contributed by atoms with E-state index in [1.54, 1.807) is 4.90 Å². The fourth-order valence-corrected chi connectivity index (χ4v) is 5.97. The first-order valence-corrected chi connectivity index (χ1v) is 15.1. The Labute approximate surface area is 262 Å². The molecular weight excluding hydrogens is 605 g/mol. The van der Waals surface area contributed by atoms with E-state index in [1.165, 1.54) is 47.0 Å². The number of urea groups is 1. The number of hydrogen-bond donors (Lipinski definition) is 1. The Bertz CT molecular complexity index is 1710. The summed E-state index contributed by atoms with van der Waals surface area (Å²) in [5, 5.41) is 7.71. The predicted molar refractivity (Wildman–Crippen MR) is 168 cm³/mol. The molecule has 45 heavy (non-hydrogen) atoms. The third kappa shape index (κ3) is 7.90. The van der Waals surface area contributed by atoms with Crippen molar-refractivity contribution in [1.82, 2.24) is 20.1 Å². The van der Waals surface area contributed by atoms with E-state index in [2.05, 4.69) is 25.1 Å². The number of anilines is 1. The highest BCUT2D eigenvalue weighted by Crippen LogP contribution is 2.33.